The fourth-order valence-corrected chi connectivity index (χ4v) is 4.86. The number of hydrogen-bond acceptors (Lipinski definition) is 7. The molecule has 0 radical (unpaired) electrons. The third-order valence-corrected chi connectivity index (χ3v) is 6.52. The second-order valence-electron chi connectivity index (χ2n) is 8.98. The van der Waals surface area contributed by atoms with E-state index in [1.165, 1.54) is 0 Å². The van der Waals surface area contributed by atoms with Crippen molar-refractivity contribution in [3.63, 3.8) is 0 Å². The van der Waals surface area contributed by atoms with Gasteiger partial charge in [0.1, 0.15) is 11.6 Å². The van der Waals surface area contributed by atoms with Gasteiger partial charge in [-0.1, -0.05) is 12.1 Å². The normalized spacial score (nSPS) is 23.2. The Hall–Kier alpha value is -3.04. The van der Waals surface area contributed by atoms with E-state index in [9.17, 15) is 4.79 Å². The van der Waals surface area contributed by atoms with Crippen LogP contribution < -0.4 is 10.1 Å². The topological polar surface area (TPSA) is 114 Å². The first kappa shape index (κ1) is 24.1. The number of carbonyl (C=O) groups excluding carboxylic acids is 1. The molecule has 0 unspecified atom stereocenters. The van der Waals surface area contributed by atoms with Crippen LogP contribution >= 0.6 is 0 Å². The van der Waals surface area contributed by atoms with Gasteiger partial charge in [0.05, 0.1) is 32.1 Å². The van der Waals surface area contributed by atoms with Crippen LogP contribution in [0.2, 0.25) is 0 Å². The minimum atomic E-state index is -0.833. The van der Waals surface area contributed by atoms with Crippen molar-refractivity contribution in [2.75, 3.05) is 20.3 Å². The molecule has 5 rings (SSSR count). The smallest absolute Gasteiger partial charge is 0.300 e. The standard InChI is InChI=1S/C23H28N4O3.C2H4O2/c1-29-18-5-2-15(3-6-18)10-22-25-12-17-13-27(14-20(17)26-22)23(28)16-4-7-21-19(11-16)24-8-9-30-21;1-2(3)4/h2-3,5-6,12,16,19,21,24H,4,7-11,13-14H2,1H3;1H3,(H,3,4)/t16-,19+,21+;/m0./s1. The minimum absolute atomic E-state index is 0.0708. The van der Waals surface area contributed by atoms with E-state index in [0.29, 0.717) is 25.6 Å². The summed E-state index contributed by atoms with van der Waals surface area (Å²) in [6.45, 7) is 3.94. The molecule has 1 saturated heterocycles. The van der Waals surface area contributed by atoms with Crippen LogP contribution in [0.3, 0.4) is 0 Å². The average Bonchev–Trinajstić information content (AvgIpc) is 3.27. The number of morpholine rings is 1. The predicted molar refractivity (Wildman–Crippen MR) is 124 cm³/mol. The van der Waals surface area contributed by atoms with E-state index >= 15 is 0 Å². The Morgan fingerprint density at radius 2 is 2.00 bits per heavy atom. The summed E-state index contributed by atoms with van der Waals surface area (Å²) in [5.41, 5.74) is 3.19. The lowest BCUT2D eigenvalue weighted by atomic mass is 9.82. The number of carboxylic acids is 1. The molecule has 3 heterocycles. The molecule has 1 aromatic carbocycles. The first-order valence-electron chi connectivity index (χ1n) is 11.7. The molecular formula is C25H32N4O5. The minimum Gasteiger partial charge on any atom is -0.497 e. The number of amides is 1. The van der Waals surface area contributed by atoms with Crippen molar-refractivity contribution in [3.8, 4) is 5.75 Å². The van der Waals surface area contributed by atoms with Gasteiger partial charge in [0.15, 0.2) is 0 Å². The van der Waals surface area contributed by atoms with Gasteiger partial charge in [0, 0.05) is 50.2 Å². The van der Waals surface area contributed by atoms with Crippen molar-refractivity contribution >= 4 is 11.9 Å². The molecule has 3 atom stereocenters. The van der Waals surface area contributed by atoms with Crippen molar-refractivity contribution in [2.45, 2.75) is 57.8 Å². The Bertz CT molecular complexity index is 1010. The number of hydrogen-bond donors (Lipinski definition) is 2. The van der Waals surface area contributed by atoms with Crippen LogP contribution in [0.1, 0.15) is 48.8 Å². The summed E-state index contributed by atoms with van der Waals surface area (Å²) >= 11 is 0. The molecule has 9 heteroatoms. The Balaban J connectivity index is 0.000000636. The summed E-state index contributed by atoms with van der Waals surface area (Å²) < 4.78 is 11.1. The highest BCUT2D eigenvalue weighted by atomic mass is 16.5. The van der Waals surface area contributed by atoms with Crippen molar-refractivity contribution in [1.29, 1.82) is 0 Å². The number of carboxylic acid groups (broad SMARTS) is 1. The molecule has 1 saturated carbocycles. The molecular weight excluding hydrogens is 436 g/mol. The highest BCUT2D eigenvalue weighted by Gasteiger charge is 2.38. The van der Waals surface area contributed by atoms with Gasteiger partial charge in [-0.25, -0.2) is 9.97 Å². The lowest BCUT2D eigenvalue weighted by molar-refractivity contribution is -0.139. The number of aliphatic carboxylic acids is 1. The van der Waals surface area contributed by atoms with Crippen LogP contribution in [0.5, 0.6) is 5.75 Å². The third-order valence-electron chi connectivity index (χ3n) is 6.52. The van der Waals surface area contributed by atoms with Gasteiger partial charge < -0.3 is 24.8 Å². The van der Waals surface area contributed by atoms with E-state index in [1.54, 1.807) is 7.11 Å². The van der Waals surface area contributed by atoms with Crippen LogP contribution in [0.4, 0.5) is 0 Å². The number of rotatable bonds is 4. The molecule has 2 N–H and O–H groups in total. The second-order valence-corrected chi connectivity index (χ2v) is 8.98. The summed E-state index contributed by atoms with van der Waals surface area (Å²) in [4.78, 5) is 33.4. The van der Waals surface area contributed by atoms with Gasteiger partial charge in [0.2, 0.25) is 5.91 Å². The number of benzene rings is 1. The number of methoxy groups -OCH3 is 1. The first-order valence-corrected chi connectivity index (χ1v) is 11.7. The molecule has 0 spiro atoms. The van der Waals surface area contributed by atoms with Crippen LogP contribution in [-0.4, -0.2) is 64.3 Å². The van der Waals surface area contributed by atoms with E-state index in [4.69, 9.17) is 24.4 Å². The number of nitrogens with one attached hydrogen (secondary N) is 1. The Morgan fingerprint density at radius 3 is 2.74 bits per heavy atom. The van der Waals surface area contributed by atoms with Crippen molar-refractivity contribution in [2.24, 2.45) is 5.92 Å². The van der Waals surface area contributed by atoms with E-state index in [-0.39, 0.29) is 17.9 Å². The zero-order valence-corrected chi connectivity index (χ0v) is 19.7. The Labute approximate surface area is 199 Å². The zero-order valence-electron chi connectivity index (χ0n) is 19.7. The quantitative estimate of drug-likeness (QED) is 0.702. The van der Waals surface area contributed by atoms with Gasteiger partial charge in [-0.15, -0.1) is 0 Å². The number of aromatic nitrogens is 2. The summed E-state index contributed by atoms with van der Waals surface area (Å²) in [6.07, 6.45) is 5.56. The maximum atomic E-state index is 13.2. The molecule has 182 valence electrons. The maximum absolute atomic E-state index is 13.2. The van der Waals surface area contributed by atoms with Crippen molar-refractivity contribution in [3.05, 3.63) is 53.1 Å². The zero-order chi connectivity index (χ0) is 24.1. The summed E-state index contributed by atoms with van der Waals surface area (Å²) in [5, 5.41) is 10.9. The highest BCUT2D eigenvalue weighted by molar-refractivity contribution is 5.79. The van der Waals surface area contributed by atoms with E-state index < -0.39 is 5.97 Å². The fourth-order valence-electron chi connectivity index (χ4n) is 4.86. The van der Waals surface area contributed by atoms with Crippen molar-refractivity contribution in [1.82, 2.24) is 20.2 Å². The largest absolute Gasteiger partial charge is 0.497 e. The molecule has 1 aliphatic carbocycles. The summed E-state index contributed by atoms with van der Waals surface area (Å²) in [7, 11) is 1.66. The van der Waals surface area contributed by atoms with E-state index in [0.717, 1.165) is 67.7 Å². The molecule has 1 aromatic heterocycles. The Morgan fingerprint density at radius 1 is 1.24 bits per heavy atom. The average molecular weight is 469 g/mol. The number of nitrogens with zero attached hydrogens (tertiary/aromatic N) is 3. The van der Waals surface area contributed by atoms with Crippen molar-refractivity contribution < 1.29 is 24.2 Å². The van der Waals surface area contributed by atoms with Gasteiger partial charge >= 0.3 is 0 Å². The second kappa shape index (κ2) is 10.9. The number of ether oxygens (including phenoxy) is 2. The lowest BCUT2D eigenvalue weighted by Gasteiger charge is -2.40. The number of fused-ring (bicyclic) bond motifs is 2. The summed E-state index contributed by atoms with van der Waals surface area (Å²) in [5.74, 6) is 1.11. The van der Waals surface area contributed by atoms with Gasteiger partial charge in [0.25, 0.3) is 5.97 Å². The predicted octanol–water partition coefficient (Wildman–Crippen LogP) is 2.17. The maximum Gasteiger partial charge on any atom is 0.300 e. The fraction of sp³-hybridized carbons (Fsp3) is 0.520. The third kappa shape index (κ3) is 5.90. The summed E-state index contributed by atoms with van der Waals surface area (Å²) in [6, 6.07) is 8.27. The van der Waals surface area contributed by atoms with E-state index in [2.05, 4.69) is 10.3 Å². The molecule has 2 fully saturated rings. The van der Waals surface area contributed by atoms with Crippen LogP contribution in [0, 0.1) is 5.92 Å². The lowest BCUT2D eigenvalue weighted by Crippen LogP contribution is -2.53. The highest BCUT2D eigenvalue weighted by Crippen LogP contribution is 2.32. The molecule has 0 bridgehead atoms. The monoisotopic (exact) mass is 468 g/mol. The van der Waals surface area contributed by atoms with Crippen LogP contribution in [0.15, 0.2) is 30.5 Å². The first-order chi connectivity index (χ1) is 16.4. The molecule has 9 nitrogen and oxygen atoms in total. The SMILES string of the molecule is CC(=O)O.COc1ccc(Cc2ncc3c(n2)CN(C(=O)[C@H]2CC[C@H]4OCCN[C@@H]4C2)C3)cc1. The molecule has 3 aliphatic rings. The molecule has 2 aromatic rings. The molecule has 2 aliphatic heterocycles. The number of carbonyl (C=O) groups is 2. The van der Waals surface area contributed by atoms with E-state index in [1.807, 2.05) is 35.4 Å². The Kier molecular flexibility index (Phi) is 7.74. The van der Waals surface area contributed by atoms with Crippen LogP contribution in [0.25, 0.3) is 0 Å². The van der Waals surface area contributed by atoms with Crippen LogP contribution in [-0.2, 0) is 33.8 Å². The molecule has 34 heavy (non-hydrogen) atoms. The van der Waals surface area contributed by atoms with Gasteiger partial charge in [-0.05, 0) is 37.0 Å². The molecule has 1 amide bonds. The van der Waals surface area contributed by atoms with Gasteiger partial charge in [-0.3, -0.25) is 9.59 Å². The van der Waals surface area contributed by atoms with Gasteiger partial charge in [-0.2, -0.15) is 0 Å².